The van der Waals surface area contributed by atoms with Gasteiger partial charge in [-0.15, -0.1) is 0 Å². The van der Waals surface area contributed by atoms with Crippen molar-refractivity contribution in [2.75, 3.05) is 26.4 Å². The fourth-order valence-corrected chi connectivity index (χ4v) is 3.99. The van der Waals surface area contributed by atoms with Gasteiger partial charge in [0.05, 0.1) is 18.9 Å². The number of nitrogens with zero attached hydrogens (tertiary/aromatic N) is 2. The molecule has 2 aromatic carbocycles. The Hall–Kier alpha value is -2.69. The summed E-state index contributed by atoms with van der Waals surface area (Å²) in [7, 11) is 0. The second kappa shape index (κ2) is 10.6. The fourth-order valence-electron chi connectivity index (χ4n) is 3.99. The third-order valence-electron chi connectivity index (χ3n) is 5.69. The second-order valence-corrected chi connectivity index (χ2v) is 8.51. The number of fused-ring (bicyclic) bond motifs is 3. The standard InChI is InChI=1S/C27H32N2O2/c1-21(2)24-9-10-27-25(18-24)17-22-6-5-7-23(16-22)19-29(12-13-30-14-15-31-27)20-26-8-3-4-11-28-26/h3-11,16,18,21H,12-15,17,19-20H2,1-2H3. The van der Waals surface area contributed by atoms with Gasteiger partial charge in [0.25, 0.3) is 0 Å². The average molecular weight is 417 g/mol. The highest BCUT2D eigenvalue weighted by Crippen LogP contribution is 2.27. The zero-order valence-corrected chi connectivity index (χ0v) is 18.6. The number of ether oxygens (including phenoxy) is 2. The van der Waals surface area contributed by atoms with E-state index in [1.54, 1.807) is 0 Å². The lowest BCUT2D eigenvalue weighted by atomic mass is 9.96. The van der Waals surface area contributed by atoms with Gasteiger partial charge in [-0.1, -0.05) is 56.3 Å². The van der Waals surface area contributed by atoms with Crippen molar-refractivity contribution in [2.45, 2.75) is 39.3 Å². The van der Waals surface area contributed by atoms with Crippen LogP contribution in [0.15, 0.2) is 66.9 Å². The van der Waals surface area contributed by atoms with Gasteiger partial charge < -0.3 is 9.47 Å². The first-order valence-electron chi connectivity index (χ1n) is 11.2. The normalized spacial score (nSPS) is 15.7. The van der Waals surface area contributed by atoms with Crippen LogP contribution in [-0.4, -0.2) is 36.2 Å². The van der Waals surface area contributed by atoms with E-state index in [9.17, 15) is 0 Å². The number of rotatable bonds is 3. The van der Waals surface area contributed by atoms with Gasteiger partial charge in [-0.2, -0.15) is 0 Å². The van der Waals surface area contributed by atoms with Crippen molar-refractivity contribution in [3.05, 3.63) is 94.8 Å². The van der Waals surface area contributed by atoms with Gasteiger partial charge in [-0.3, -0.25) is 9.88 Å². The molecule has 3 aromatic rings. The molecule has 0 fully saturated rings. The van der Waals surface area contributed by atoms with Crippen LogP contribution < -0.4 is 4.74 Å². The van der Waals surface area contributed by atoms with Crippen LogP contribution in [0.25, 0.3) is 0 Å². The van der Waals surface area contributed by atoms with Crippen molar-refractivity contribution in [3.8, 4) is 5.75 Å². The predicted octanol–water partition coefficient (Wildman–Crippen LogP) is 5.21. The summed E-state index contributed by atoms with van der Waals surface area (Å²) in [4.78, 5) is 6.91. The summed E-state index contributed by atoms with van der Waals surface area (Å²) in [5.74, 6) is 1.46. The molecule has 4 heteroatoms. The van der Waals surface area contributed by atoms with E-state index in [0.29, 0.717) is 25.7 Å². The van der Waals surface area contributed by atoms with E-state index in [-0.39, 0.29) is 0 Å². The zero-order valence-electron chi connectivity index (χ0n) is 18.6. The van der Waals surface area contributed by atoms with Crippen molar-refractivity contribution in [2.24, 2.45) is 0 Å². The molecule has 2 bridgehead atoms. The SMILES string of the molecule is CC(C)c1ccc2c(c1)Cc1cccc(c1)CN(Cc1ccccn1)CCOCCO2. The first-order chi connectivity index (χ1) is 15.2. The van der Waals surface area contributed by atoms with E-state index in [1.165, 1.54) is 22.3 Å². The number of hydrogen-bond donors (Lipinski definition) is 0. The summed E-state index contributed by atoms with van der Waals surface area (Å²) in [5.41, 5.74) is 6.30. The van der Waals surface area contributed by atoms with E-state index in [1.807, 2.05) is 18.3 Å². The lowest BCUT2D eigenvalue weighted by molar-refractivity contribution is 0.0754. The minimum atomic E-state index is 0.494. The Bertz CT molecular complexity index is 972. The van der Waals surface area contributed by atoms with E-state index in [4.69, 9.17) is 9.47 Å². The molecule has 0 aliphatic carbocycles. The maximum absolute atomic E-state index is 6.11. The number of pyridine rings is 1. The van der Waals surface area contributed by atoms with Crippen molar-refractivity contribution >= 4 is 0 Å². The highest BCUT2D eigenvalue weighted by Gasteiger charge is 2.12. The molecule has 0 saturated carbocycles. The minimum absolute atomic E-state index is 0.494. The maximum atomic E-state index is 6.11. The summed E-state index contributed by atoms with van der Waals surface area (Å²) in [5, 5.41) is 0. The van der Waals surface area contributed by atoms with Crippen LogP contribution in [0.2, 0.25) is 0 Å². The van der Waals surface area contributed by atoms with E-state index in [0.717, 1.165) is 37.5 Å². The topological polar surface area (TPSA) is 34.6 Å². The van der Waals surface area contributed by atoms with Gasteiger partial charge in [0.15, 0.2) is 0 Å². The Balaban J connectivity index is 1.59. The van der Waals surface area contributed by atoms with Crippen molar-refractivity contribution < 1.29 is 9.47 Å². The van der Waals surface area contributed by atoms with Crippen LogP contribution in [0.5, 0.6) is 5.75 Å². The molecule has 0 amide bonds. The van der Waals surface area contributed by atoms with Gasteiger partial charge in [-0.05, 0) is 46.4 Å². The molecular weight excluding hydrogens is 384 g/mol. The van der Waals surface area contributed by atoms with Crippen LogP contribution in [0.4, 0.5) is 0 Å². The lowest BCUT2D eigenvalue weighted by Gasteiger charge is -2.23. The first kappa shape index (κ1) is 21.5. The molecule has 1 aliphatic rings. The Morgan fingerprint density at radius 2 is 1.84 bits per heavy atom. The molecule has 0 saturated heterocycles. The number of aromatic nitrogens is 1. The van der Waals surface area contributed by atoms with E-state index < -0.39 is 0 Å². The van der Waals surface area contributed by atoms with Gasteiger partial charge in [0, 0.05) is 32.3 Å². The van der Waals surface area contributed by atoms with Crippen LogP contribution in [0.3, 0.4) is 0 Å². The minimum Gasteiger partial charge on any atom is -0.491 e. The largest absolute Gasteiger partial charge is 0.491 e. The summed E-state index contributed by atoms with van der Waals surface area (Å²) >= 11 is 0. The molecule has 0 N–H and O–H groups in total. The molecular formula is C27H32N2O2. The summed E-state index contributed by atoms with van der Waals surface area (Å²) < 4.78 is 12.0. The molecule has 4 rings (SSSR count). The van der Waals surface area contributed by atoms with Crippen LogP contribution in [-0.2, 0) is 24.2 Å². The number of benzene rings is 2. The van der Waals surface area contributed by atoms with Crippen molar-refractivity contribution in [1.29, 1.82) is 0 Å². The highest BCUT2D eigenvalue weighted by atomic mass is 16.5. The third kappa shape index (κ3) is 6.16. The molecule has 162 valence electrons. The molecule has 1 aromatic heterocycles. The maximum Gasteiger partial charge on any atom is 0.122 e. The molecule has 31 heavy (non-hydrogen) atoms. The fraction of sp³-hybridized carbons (Fsp3) is 0.370. The number of hydrogen-bond acceptors (Lipinski definition) is 4. The Labute approximate surface area is 185 Å². The molecule has 4 nitrogen and oxygen atoms in total. The molecule has 0 unspecified atom stereocenters. The van der Waals surface area contributed by atoms with Crippen LogP contribution in [0.1, 0.15) is 47.7 Å². The summed E-state index contributed by atoms with van der Waals surface area (Å²) in [6.45, 7) is 8.84. The van der Waals surface area contributed by atoms with E-state index >= 15 is 0 Å². The third-order valence-corrected chi connectivity index (χ3v) is 5.69. The second-order valence-electron chi connectivity index (χ2n) is 8.51. The zero-order chi connectivity index (χ0) is 21.5. The molecule has 2 heterocycles. The monoisotopic (exact) mass is 416 g/mol. The molecule has 0 radical (unpaired) electrons. The van der Waals surface area contributed by atoms with E-state index in [2.05, 4.69) is 72.3 Å². The molecule has 0 spiro atoms. The Morgan fingerprint density at radius 1 is 0.935 bits per heavy atom. The van der Waals surface area contributed by atoms with Gasteiger partial charge in [-0.25, -0.2) is 0 Å². The van der Waals surface area contributed by atoms with Crippen molar-refractivity contribution in [1.82, 2.24) is 9.88 Å². The predicted molar refractivity (Wildman–Crippen MR) is 124 cm³/mol. The van der Waals surface area contributed by atoms with Crippen LogP contribution >= 0.6 is 0 Å². The van der Waals surface area contributed by atoms with Gasteiger partial charge >= 0.3 is 0 Å². The van der Waals surface area contributed by atoms with Gasteiger partial charge in [0.1, 0.15) is 12.4 Å². The first-order valence-corrected chi connectivity index (χ1v) is 11.2. The van der Waals surface area contributed by atoms with Gasteiger partial charge in [0.2, 0.25) is 0 Å². The quantitative estimate of drug-likeness (QED) is 0.587. The summed E-state index contributed by atoms with van der Waals surface area (Å²) in [6, 6.07) is 21.6. The summed E-state index contributed by atoms with van der Waals surface area (Å²) in [6.07, 6.45) is 2.72. The van der Waals surface area contributed by atoms with Crippen LogP contribution in [0, 0.1) is 0 Å². The smallest absolute Gasteiger partial charge is 0.122 e. The lowest BCUT2D eigenvalue weighted by Crippen LogP contribution is -2.28. The Kier molecular flexibility index (Phi) is 7.34. The highest BCUT2D eigenvalue weighted by molar-refractivity contribution is 5.42. The molecule has 1 aliphatic heterocycles. The van der Waals surface area contributed by atoms with Crippen molar-refractivity contribution in [3.63, 3.8) is 0 Å². The average Bonchev–Trinajstić information content (AvgIpc) is 2.77. The Morgan fingerprint density at radius 3 is 2.68 bits per heavy atom. The molecule has 0 atom stereocenters.